The molecule has 19 heavy (non-hydrogen) atoms. The van der Waals surface area contributed by atoms with E-state index in [4.69, 9.17) is 4.52 Å². The number of carbonyl (C=O) groups is 1. The molecule has 0 atom stereocenters. The van der Waals surface area contributed by atoms with Gasteiger partial charge in [0.25, 0.3) is 0 Å². The molecular formula is C14H16N2O2S. The predicted octanol–water partition coefficient (Wildman–Crippen LogP) is 2.81. The monoisotopic (exact) mass is 276 g/mol. The standard InChI is InChI=1S/C14H16N2O2S/c1-10(8-13-4-3-7-19-13)14(17)15-6-5-12-9-11(2)18-16-12/h3-4,7-9H,5-6H2,1-2H3,(H,15,17)/b10-8+. The Hall–Kier alpha value is -1.88. The molecule has 1 amide bonds. The molecule has 100 valence electrons. The van der Waals surface area contributed by atoms with Gasteiger partial charge in [0.15, 0.2) is 0 Å². The van der Waals surface area contributed by atoms with Crippen LogP contribution in [0.25, 0.3) is 6.08 Å². The van der Waals surface area contributed by atoms with Crippen LogP contribution in [0.5, 0.6) is 0 Å². The van der Waals surface area contributed by atoms with Gasteiger partial charge in [-0.05, 0) is 31.4 Å². The van der Waals surface area contributed by atoms with Gasteiger partial charge in [0, 0.05) is 29.5 Å². The third kappa shape index (κ3) is 4.06. The Labute approximate surface area is 116 Å². The zero-order chi connectivity index (χ0) is 13.7. The maximum Gasteiger partial charge on any atom is 0.246 e. The van der Waals surface area contributed by atoms with Crippen molar-refractivity contribution in [2.45, 2.75) is 20.3 Å². The fourth-order valence-electron chi connectivity index (χ4n) is 1.63. The first-order valence-electron chi connectivity index (χ1n) is 6.07. The van der Waals surface area contributed by atoms with Crippen molar-refractivity contribution in [2.75, 3.05) is 6.54 Å². The largest absolute Gasteiger partial charge is 0.361 e. The number of thiophene rings is 1. The van der Waals surface area contributed by atoms with E-state index in [1.54, 1.807) is 11.3 Å². The number of nitrogens with zero attached hydrogens (tertiary/aromatic N) is 1. The fourth-order valence-corrected chi connectivity index (χ4v) is 2.35. The summed E-state index contributed by atoms with van der Waals surface area (Å²) in [6.07, 6.45) is 2.57. The Kier molecular flexibility index (Phi) is 4.52. The highest BCUT2D eigenvalue weighted by Gasteiger charge is 2.05. The number of aromatic nitrogens is 1. The van der Waals surface area contributed by atoms with Crippen LogP contribution in [0.1, 0.15) is 23.3 Å². The van der Waals surface area contributed by atoms with Crippen LogP contribution in [0.3, 0.4) is 0 Å². The van der Waals surface area contributed by atoms with Gasteiger partial charge in [0.05, 0.1) is 5.69 Å². The van der Waals surface area contributed by atoms with Gasteiger partial charge < -0.3 is 9.84 Å². The molecule has 5 heteroatoms. The summed E-state index contributed by atoms with van der Waals surface area (Å²) in [6, 6.07) is 5.83. The van der Waals surface area contributed by atoms with Crippen LogP contribution in [-0.2, 0) is 11.2 Å². The highest BCUT2D eigenvalue weighted by Crippen LogP contribution is 2.13. The van der Waals surface area contributed by atoms with E-state index in [9.17, 15) is 4.79 Å². The number of hydrogen-bond acceptors (Lipinski definition) is 4. The van der Waals surface area contributed by atoms with E-state index in [-0.39, 0.29) is 5.91 Å². The fraction of sp³-hybridized carbons (Fsp3) is 0.286. The molecule has 0 saturated heterocycles. The Morgan fingerprint density at radius 2 is 2.42 bits per heavy atom. The molecule has 0 bridgehead atoms. The van der Waals surface area contributed by atoms with Gasteiger partial charge >= 0.3 is 0 Å². The average molecular weight is 276 g/mol. The molecule has 0 aliphatic heterocycles. The van der Waals surface area contributed by atoms with Gasteiger partial charge in [-0.1, -0.05) is 11.2 Å². The number of hydrogen-bond donors (Lipinski definition) is 1. The predicted molar refractivity (Wildman–Crippen MR) is 75.9 cm³/mol. The Morgan fingerprint density at radius 3 is 3.05 bits per heavy atom. The number of amides is 1. The van der Waals surface area contributed by atoms with Crippen LogP contribution in [0.15, 0.2) is 33.7 Å². The van der Waals surface area contributed by atoms with E-state index in [1.807, 2.05) is 43.5 Å². The summed E-state index contributed by atoms with van der Waals surface area (Å²) < 4.78 is 4.97. The second kappa shape index (κ2) is 6.33. The third-order valence-electron chi connectivity index (χ3n) is 2.60. The second-order valence-corrected chi connectivity index (χ2v) is 5.26. The molecule has 0 fully saturated rings. The zero-order valence-corrected chi connectivity index (χ0v) is 11.8. The number of aryl methyl sites for hydroxylation is 1. The molecular weight excluding hydrogens is 260 g/mol. The van der Waals surface area contributed by atoms with E-state index >= 15 is 0 Å². The lowest BCUT2D eigenvalue weighted by atomic mass is 10.2. The van der Waals surface area contributed by atoms with Crippen molar-refractivity contribution in [3.05, 3.63) is 45.5 Å². The van der Waals surface area contributed by atoms with E-state index in [0.29, 0.717) is 18.5 Å². The maximum atomic E-state index is 11.8. The van der Waals surface area contributed by atoms with Crippen molar-refractivity contribution in [1.29, 1.82) is 0 Å². The summed E-state index contributed by atoms with van der Waals surface area (Å²) in [5.74, 6) is 0.740. The summed E-state index contributed by atoms with van der Waals surface area (Å²) in [6.45, 7) is 4.22. The van der Waals surface area contributed by atoms with Crippen LogP contribution in [-0.4, -0.2) is 17.6 Å². The highest BCUT2D eigenvalue weighted by atomic mass is 32.1. The Balaban J connectivity index is 1.81. The number of nitrogens with one attached hydrogen (secondary N) is 1. The first-order valence-corrected chi connectivity index (χ1v) is 6.95. The maximum absolute atomic E-state index is 11.8. The molecule has 2 heterocycles. The molecule has 0 saturated carbocycles. The molecule has 0 spiro atoms. The van der Waals surface area contributed by atoms with Gasteiger partial charge in [-0.25, -0.2) is 0 Å². The first-order chi connectivity index (χ1) is 9.15. The minimum atomic E-state index is -0.0476. The van der Waals surface area contributed by atoms with Crippen LogP contribution in [0.2, 0.25) is 0 Å². The van der Waals surface area contributed by atoms with Crippen LogP contribution in [0.4, 0.5) is 0 Å². The lowest BCUT2D eigenvalue weighted by Gasteiger charge is -2.03. The van der Waals surface area contributed by atoms with Gasteiger partial charge in [-0.2, -0.15) is 0 Å². The molecule has 0 radical (unpaired) electrons. The molecule has 0 aliphatic carbocycles. The lowest BCUT2D eigenvalue weighted by Crippen LogP contribution is -2.26. The first kappa shape index (κ1) is 13.5. The van der Waals surface area contributed by atoms with E-state index in [0.717, 1.165) is 16.3 Å². The van der Waals surface area contributed by atoms with Gasteiger partial charge in [-0.3, -0.25) is 4.79 Å². The minimum absolute atomic E-state index is 0.0476. The van der Waals surface area contributed by atoms with Gasteiger partial charge in [0.2, 0.25) is 5.91 Å². The molecule has 0 aromatic carbocycles. The summed E-state index contributed by atoms with van der Waals surface area (Å²) in [5.41, 5.74) is 1.57. The molecule has 0 unspecified atom stereocenters. The number of rotatable bonds is 5. The van der Waals surface area contributed by atoms with Crippen LogP contribution < -0.4 is 5.32 Å². The van der Waals surface area contributed by atoms with Gasteiger partial charge in [-0.15, -0.1) is 11.3 Å². The number of carbonyl (C=O) groups excluding carboxylic acids is 1. The van der Waals surface area contributed by atoms with Gasteiger partial charge in [0.1, 0.15) is 5.76 Å². The third-order valence-corrected chi connectivity index (χ3v) is 3.42. The molecule has 0 aliphatic rings. The van der Waals surface area contributed by atoms with E-state index in [2.05, 4.69) is 10.5 Å². The van der Waals surface area contributed by atoms with E-state index in [1.165, 1.54) is 0 Å². The quantitative estimate of drug-likeness (QED) is 0.854. The van der Waals surface area contributed by atoms with E-state index < -0.39 is 0 Å². The average Bonchev–Trinajstić information content (AvgIpc) is 3.01. The second-order valence-electron chi connectivity index (χ2n) is 4.28. The van der Waals surface area contributed by atoms with Crippen molar-refractivity contribution >= 4 is 23.3 Å². The topological polar surface area (TPSA) is 55.1 Å². The minimum Gasteiger partial charge on any atom is -0.361 e. The normalized spacial score (nSPS) is 11.6. The summed E-state index contributed by atoms with van der Waals surface area (Å²) in [7, 11) is 0. The zero-order valence-electron chi connectivity index (χ0n) is 11.0. The van der Waals surface area contributed by atoms with Crippen molar-refractivity contribution in [3.8, 4) is 0 Å². The molecule has 2 aromatic heterocycles. The summed E-state index contributed by atoms with van der Waals surface area (Å²) in [4.78, 5) is 12.9. The van der Waals surface area contributed by atoms with Crippen LogP contribution in [0, 0.1) is 6.92 Å². The van der Waals surface area contributed by atoms with Crippen molar-refractivity contribution < 1.29 is 9.32 Å². The Bertz CT molecular complexity index is 570. The summed E-state index contributed by atoms with van der Waals surface area (Å²) >= 11 is 1.61. The SMILES string of the molecule is C/C(=C\c1cccs1)C(=O)NCCc1cc(C)on1. The molecule has 1 N–H and O–H groups in total. The summed E-state index contributed by atoms with van der Waals surface area (Å²) in [5, 5.41) is 8.74. The molecule has 2 rings (SSSR count). The molecule has 4 nitrogen and oxygen atoms in total. The van der Waals surface area contributed by atoms with Crippen molar-refractivity contribution in [1.82, 2.24) is 10.5 Å². The van der Waals surface area contributed by atoms with Crippen molar-refractivity contribution in [2.24, 2.45) is 0 Å². The lowest BCUT2D eigenvalue weighted by molar-refractivity contribution is -0.117. The Morgan fingerprint density at radius 1 is 1.58 bits per heavy atom. The highest BCUT2D eigenvalue weighted by molar-refractivity contribution is 7.10. The van der Waals surface area contributed by atoms with Crippen molar-refractivity contribution in [3.63, 3.8) is 0 Å². The molecule has 2 aromatic rings. The smallest absolute Gasteiger partial charge is 0.246 e. The van der Waals surface area contributed by atoms with Crippen LogP contribution >= 0.6 is 11.3 Å².